The Bertz CT molecular complexity index is 962. The highest BCUT2D eigenvalue weighted by atomic mass is 16.2. The minimum atomic E-state index is 0.0105. The second kappa shape index (κ2) is 9.48. The van der Waals surface area contributed by atoms with Crippen molar-refractivity contribution in [3.8, 4) is 0 Å². The van der Waals surface area contributed by atoms with Crippen LogP contribution in [0, 0.1) is 0 Å². The number of benzene rings is 2. The average Bonchev–Trinajstić information content (AvgIpc) is 3.20. The number of hydrogen-bond donors (Lipinski definition) is 0. The van der Waals surface area contributed by atoms with Gasteiger partial charge in [0.15, 0.2) is 0 Å². The quantitative estimate of drug-likeness (QED) is 0.686. The second-order valence-corrected chi connectivity index (χ2v) is 8.43. The number of rotatable bonds is 5. The molecule has 31 heavy (non-hydrogen) atoms. The Hall–Kier alpha value is -2.92. The zero-order valence-electron chi connectivity index (χ0n) is 18.5. The third-order valence-corrected chi connectivity index (χ3v) is 6.34. The Balaban J connectivity index is 1.53. The SMILES string of the molecule is C/C=C/C(=O)N(c1ccc2c(c1)N(C(C)=O)CC2)C1CCN(Cc2ccccc2)CC1. The highest BCUT2D eigenvalue weighted by molar-refractivity contribution is 6.03. The van der Waals surface area contributed by atoms with E-state index in [0.29, 0.717) is 0 Å². The van der Waals surface area contributed by atoms with Crippen molar-refractivity contribution in [3.63, 3.8) is 0 Å². The van der Waals surface area contributed by atoms with Crippen LogP contribution in [0.15, 0.2) is 60.7 Å². The van der Waals surface area contributed by atoms with E-state index >= 15 is 0 Å². The van der Waals surface area contributed by atoms with Crippen molar-refractivity contribution in [1.29, 1.82) is 0 Å². The van der Waals surface area contributed by atoms with Crippen LogP contribution in [0.5, 0.6) is 0 Å². The number of likely N-dealkylation sites (tertiary alicyclic amines) is 1. The average molecular weight is 418 g/mol. The molecule has 2 aliphatic heterocycles. The summed E-state index contributed by atoms with van der Waals surface area (Å²) in [5, 5.41) is 0. The Labute approximate surface area is 184 Å². The van der Waals surface area contributed by atoms with Crippen molar-refractivity contribution in [2.45, 2.75) is 45.7 Å². The zero-order chi connectivity index (χ0) is 21.8. The maximum Gasteiger partial charge on any atom is 0.250 e. The van der Waals surface area contributed by atoms with Crippen LogP contribution in [-0.4, -0.2) is 42.4 Å². The standard InChI is InChI=1S/C26H31N3O2/c1-3-7-26(31)29(24-11-10-22-12-17-28(20(2)30)25(22)18-24)23-13-15-27(16-14-23)19-21-8-5-4-6-9-21/h3-11,18,23H,12-17,19H2,1-2H3/b7-3+. The number of allylic oxidation sites excluding steroid dienone is 1. The fraction of sp³-hybridized carbons (Fsp3) is 0.385. The summed E-state index contributed by atoms with van der Waals surface area (Å²) >= 11 is 0. The van der Waals surface area contributed by atoms with Crippen molar-refractivity contribution in [1.82, 2.24) is 4.90 Å². The van der Waals surface area contributed by atoms with Gasteiger partial charge in [0.2, 0.25) is 5.91 Å². The molecule has 0 aromatic heterocycles. The molecule has 2 heterocycles. The van der Waals surface area contributed by atoms with E-state index in [1.165, 1.54) is 11.1 Å². The van der Waals surface area contributed by atoms with E-state index < -0.39 is 0 Å². The molecule has 0 N–H and O–H groups in total. The maximum atomic E-state index is 13.1. The van der Waals surface area contributed by atoms with Gasteiger partial charge in [-0.3, -0.25) is 14.5 Å². The largest absolute Gasteiger partial charge is 0.312 e. The lowest BCUT2D eigenvalue weighted by Gasteiger charge is -2.38. The van der Waals surface area contributed by atoms with Crippen LogP contribution in [0.2, 0.25) is 0 Å². The van der Waals surface area contributed by atoms with Crippen LogP contribution >= 0.6 is 0 Å². The third-order valence-electron chi connectivity index (χ3n) is 6.34. The lowest BCUT2D eigenvalue weighted by molar-refractivity contribution is -0.116. The molecular weight excluding hydrogens is 386 g/mol. The highest BCUT2D eigenvalue weighted by Crippen LogP contribution is 2.34. The predicted octanol–water partition coefficient (Wildman–Crippen LogP) is 4.17. The minimum Gasteiger partial charge on any atom is -0.312 e. The van der Waals surface area contributed by atoms with Gasteiger partial charge < -0.3 is 9.80 Å². The monoisotopic (exact) mass is 417 g/mol. The van der Waals surface area contributed by atoms with Gasteiger partial charge in [0, 0.05) is 50.5 Å². The van der Waals surface area contributed by atoms with Gasteiger partial charge in [-0.1, -0.05) is 42.5 Å². The summed E-state index contributed by atoms with van der Waals surface area (Å²) in [4.78, 5) is 31.3. The van der Waals surface area contributed by atoms with Gasteiger partial charge in [-0.05, 0) is 55.5 Å². The highest BCUT2D eigenvalue weighted by Gasteiger charge is 2.30. The van der Waals surface area contributed by atoms with Crippen molar-refractivity contribution < 1.29 is 9.59 Å². The number of carbonyl (C=O) groups is 2. The molecule has 0 aliphatic carbocycles. The molecule has 0 saturated carbocycles. The van der Waals surface area contributed by atoms with E-state index in [1.807, 2.05) is 34.9 Å². The Morgan fingerprint density at radius 1 is 1.06 bits per heavy atom. The first-order valence-corrected chi connectivity index (χ1v) is 11.2. The molecule has 0 spiro atoms. The summed E-state index contributed by atoms with van der Waals surface area (Å²) in [6.45, 7) is 7.07. The summed E-state index contributed by atoms with van der Waals surface area (Å²) in [7, 11) is 0. The fourth-order valence-corrected chi connectivity index (χ4v) is 4.76. The van der Waals surface area contributed by atoms with E-state index in [2.05, 4.69) is 35.2 Å². The molecule has 0 bridgehead atoms. The van der Waals surface area contributed by atoms with Crippen molar-refractivity contribution in [2.75, 3.05) is 29.4 Å². The summed E-state index contributed by atoms with van der Waals surface area (Å²) in [6.07, 6.45) is 6.19. The minimum absolute atomic E-state index is 0.0105. The van der Waals surface area contributed by atoms with Crippen LogP contribution in [0.3, 0.4) is 0 Å². The van der Waals surface area contributed by atoms with E-state index in [9.17, 15) is 9.59 Å². The summed E-state index contributed by atoms with van der Waals surface area (Å²) in [6, 6.07) is 16.8. The smallest absolute Gasteiger partial charge is 0.250 e. The van der Waals surface area contributed by atoms with Crippen molar-refractivity contribution in [3.05, 3.63) is 71.8 Å². The van der Waals surface area contributed by atoms with Gasteiger partial charge >= 0.3 is 0 Å². The molecule has 2 aromatic rings. The fourth-order valence-electron chi connectivity index (χ4n) is 4.76. The van der Waals surface area contributed by atoms with Gasteiger partial charge in [0.25, 0.3) is 5.91 Å². The summed E-state index contributed by atoms with van der Waals surface area (Å²) in [5.74, 6) is 0.0628. The van der Waals surface area contributed by atoms with Crippen molar-refractivity contribution in [2.24, 2.45) is 0 Å². The van der Waals surface area contributed by atoms with Crippen LogP contribution < -0.4 is 9.80 Å². The van der Waals surface area contributed by atoms with Gasteiger partial charge in [-0.15, -0.1) is 0 Å². The van der Waals surface area contributed by atoms with Crippen LogP contribution in [0.1, 0.15) is 37.8 Å². The maximum absolute atomic E-state index is 13.1. The lowest BCUT2D eigenvalue weighted by Crippen LogP contribution is -2.47. The molecule has 2 aromatic carbocycles. The molecule has 5 heteroatoms. The van der Waals surface area contributed by atoms with E-state index in [1.54, 1.807) is 19.1 Å². The predicted molar refractivity (Wildman–Crippen MR) is 125 cm³/mol. The third kappa shape index (κ3) is 4.72. The van der Waals surface area contributed by atoms with E-state index in [-0.39, 0.29) is 17.9 Å². The molecule has 5 nitrogen and oxygen atoms in total. The normalized spacial score (nSPS) is 17.2. The Morgan fingerprint density at radius 2 is 1.81 bits per heavy atom. The van der Waals surface area contributed by atoms with Gasteiger partial charge in [-0.2, -0.15) is 0 Å². The molecule has 0 unspecified atom stereocenters. The van der Waals surface area contributed by atoms with Gasteiger partial charge in [0.1, 0.15) is 0 Å². The molecule has 1 saturated heterocycles. The number of carbonyl (C=O) groups excluding carboxylic acids is 2. The number of nitrogens with zero attached hydrogens (tertiary/aromatic N) is 3. The Morgan fingerprint density at radius 3 is 2.48 bits per heavy atom. The summed E-state index contributed by atoms with van der Waals surface area (Å²) in [5.41, 5.74) is 4.34. The molecule has 0 atom stereocenters. The number of amides is 2. The molecular formula is C26H31N3O2. The molecule has 2 amide bonds. The number of fused-ring (bicyclic) bond motifs is 1. The second-order valence-electron chi connectivity index (χ2n) is 8.43. The van der Waals surface area contributed by atoms with Crippen LogP contribution in [0.25, 0.3) is 0 Å². The van der Waals surface area contributed by atoms with E-state index in [0.717, 1.165) is 56.8 Å². The summed E-state index contributed by atoms with van der Waals surface area (Å²) < 4.78 is 0. The van der Waals surface area contributed by atoms with Gasteiger partial charge in [0.05, 0.1) is 0 Å². The Kier molecular flexibility index (Phi) is 6.52. The van der Waals surface area contributed by atoms with Gasteiger partial charge in [-0.25, -0.2) is 0 Å². The first-order valence-electron chi connectivity index (χ1n) is 11.2. The first-order chi connectivity index (χ1) is 15.1. The number of hydrogen-bond acceptors (Lipinski definition) is 3. The van der Waals surface area contributed by atoms with E-state index in [4.69, 9.17) is 0 Å². The number of piperidine rings is 1. The molecule has 4 rings (SSSR count). The molecule has 2 aliphatic rings. The topological polar surface area (TPSA) is 43.9 Å². The van der Waals surface area contributed by atoms with Crippen LogP contribution in [-0.2, 0) is 22.6 Å². The first kappa shape index (κ1) is 21.3. The molecule has 162 valence electrons. The molecule has 1 fully saturated rings. The molecule has 0 radical (unpaired) electrons. The number of anilines is 2. The zero-order valence-corrected chi connectivity index (χ0v) is 18.5. The lowest BCUT2D eigenvalue weighted by atomic mass is 10.0. The van der Waals surface area contributed by atoms with Crippen LogP contribution in [0.4, 0.5) is 11.4 Å². The van der Waals surface area contributed by atoms with Crippen molar-refractivity contribution >= 4 is 23.2 Å².